The summed E-state index contributed by atoms with van der Waals surface area (Å²) < 4.78 is 31.5. The summed E-state index contributed by atoms with van der Waals surface area (Å²) in [7, 11) is -0.639. The molecule has 0 bridgehead atoms. The fraction of sp³-hybridized carbons (Fsp3) is 0.444. The Morgan fingerprint density at radius 3 is 2.47 bits per heavy atom. The van der Waals surface area contributed by atoms with Crippen LogP contribution in [0.25, 0.3) is 0 Å². The van der Waals surface area contributed by atoms with Gasteiger partial charge in [0.25, 0.3) is 5.56 Å². The number of carbonyl (C=O) groups excluding carboxylic acids is 1. The van der Waals surface area contributed by atoms with Crippen molar-refractivity contribution in [2.24, 2.45) is 14.1 Å². The predicted octanol–water partition coefficient (Wildman–Crippen LogP) is -2.46. The van der Waals surface area contributed by atoms with Crippen LogP contribution in [0.3, 0.4) is 0 Å². The van der Waals surface area contributed by atoms with Crippen molar-refractivity contribution >= 4 is 16.0 Å². The summed E-state index contributed by atoms with van der Waals surface area (Å²) in [4.78, 5) is 33.4. The summed E-state index contributed by atoms with van der Waals surface area (Å²) in [5, 5.41) is 0. The van der Waals surface area contributed by atoms with Crippen LogP contribution in [0.2, 0.25) is 0 Å². The van der Waals surface area contributed by atoms with Gasteiger partial charge in [-0.25, -0.2) is 13.2 Å². The van der Waals surface area contributed by atoms with E-state index in [0.717, 1.165) is 24.9 Å². The molecule has 0 spiro atoms. The lowest BCUT2D eigenvalue weighted by Gasteiger charge is -2.08. The van der Waals surface area contributed by atoms with E-state index >= 15 is 0 Å². The predicted molar refractivity (Wildman–Crippen MR) is 64.1 cm³/mol. The summed E-state index contributed by atoms with van der Waals surface area (Å²) in [6.07, 6.45) is 0.893. The molecule has 0 aliphatic carbocycles. The molecule has 0 aliphatic rings. The smallest absolute Gasteiger partial charge is 0.330 e. The maximum absolute atomic E-state index is 11.8. The van der Waals surface area contributed by atoms with Gasteiger partial charge in [0.05, 0.1) is 7.11 Å². The normalized spacial score (nSPS) is 11.3. The zero-order valence-electron chi connectivity index (χ0n) is 10.5. The standard InChI is InChI=1S/C9H13N3O6S/c1-11-5-6(8(14)12(2)9(11)15)19(16,17)10-4-7(13)18-3/h5,10H,4H2,1-3H3. The van der Waals surface area contributed by atoms with Gasteiger partial charge in [0.15, 0.2) is 4.90 Å². The third-order valence-electron chi connectivity index (χ3n) is 2.34. The van der Waals surface area contributed by atoms with E-state index in [1.807, 2.05) is 4.72 Å². The monoisotopic (exact) mass is 291 g/mol. The Hall–Kier alpha value is -1.94. The zero-order chi connectivity index (χ0) is 14.8. The van der Waals surface area contributed by atoms with Gasteiger partial charge in [-0.1, -0.05) is 0 Å². The fourth-order valence-electron chi connectivity index (χ4n) is 1.26. The minimum absolute atomic E-state index is 0.606. The average molecular weight is 291 g/mol. The van der Waals surface area contributed by atoms with Gasteiger partial charge < -0.3 is 9.30 Å². The molecule has 0 fully saturated rings. The van der Waals surface area contributed by atoms with Crippen molar-refractivity contribution in [2.45, 2.75) is 4.90 Å². The molecule has 106 valence electrons. The molecule has 1 rings (SSSR count). The van der Waals surface area contributed by atoms with E-state index in [0.29, 0.717) is 4.57 Å². The molecule has 9 nitrogen and oxygen atoms in total. The number of rotatable bonds is 4. The molecule has 1 N–H and O–H groups in total. The number of aromatic nitrogens is 2. The number of hydrogen-bond donors (Lipinski definition) is 1. The summed E-state index contributed by atoms with van der Waals surface area (Å²) in [5.41, 5.74) is -1.63. The van der Waals surface area contributed by atoms with Crippen LogP contribution in [0.5, 0.6) is 0 Å². The number of methoxy groups -OCH3 is 1. The topological polar surface area (TPSA) is 116 Å². The lowest BCUT2D eigenvalue weighted by molar-refractivity contribution is -0.139. The molecule has 0 unspecified atom stereocenters. The molecule has 19 heavy (non-hydrogen) atoms. The fourth-order valence-corrected chi connectivity index (χ4v) is 2.39. The van der Waals surface area contributed by atoms with Gasteiger partial charge in [0, 0.05) is 20.3 Å². The molecular formula is C9H13N3O6S. The van der Waals surface area contributed by atoms with Crippen molar-refractivity contribution in [2.75, 3.05) is 13.7 Å². The van der Waals surface area contributed by atoms with E-state index in [1.165, 1.54) is 7.05 Å². The van der Waals surface area contributed by atoms with Crippen molar-refractivity contribution < 1.29 is 17.9 Å². The molecule has 1 aromatic rings. The van der Waals surface area contributed by atoms with Crippen LogP contribution >= 0.6 is 0 Å². The van der Waals surface area contributed by atoms with Crippen molar-refractivity contribution in [1.82, 2.24) is 13.9 Å². The van der Waals surface area contributed by atoms with Crippen LogP contribution in [0, 0.1) is 0 Å². The van der Waals surface area contributed by atoms with Crippen LogP contribution in [0.1, 0.15) is 0 Å². The highest BCUT2D eigenvalue weighted by molar-refractivity contribution is 7.89. The van der Waals surface area contributed by atoms with Crippen LogP contribution in [-0.4, -0.2) is 37.2 Å². The molecule has 0 aromatic carbocycles. The second-order valence-corrected chi connectivity index (χ2v) is 5.39. The number of nitrogens with zero attached hydrogens (tertiary/aromatic N) is 2. The summed E-state index contributed by atoms with van der Waals surface area (Å²) in [6, 6.07) is 0. The maximum atomic E-state index is 11.8. The Kier molecular flexibility index (Phi) is 4.27. The quantitative estimate of drug-likeness (QED) is 0.615. The average Bonchev–Trinajstić information content (AvgIpc) is 2.37. The van der Waals surface area contributed by atoms with Gasteiger partial charge in [-0.05, 0) is 0 Å². The molecule has 1 heterocycles. The van der Waals surface area contributed by atoms with E-state index in [4.69, 9.17) is 0 Å². The summed E-state index contributed by atoms with van der Waals surface area (Å²) in [5.74, 6) is -0.801. The van der Waals surface area contributed by atoms with Crippen molar-refractivity contribution in [3.63, 3.8) is 0 Å². The molecule has 0 saturated heterocycles. The number of esters is 1. The van der Waals surface area contributed by atoms with Crippen molar-refractivity contribution in [3.8, 4) is 0 Å². The van der Waals surface area contributed by atoms with Gasteiger partial charge >= 0.3 is 11.7 Å². The zero-order valence-corrected chi connectivity index (χ0v) is 11.4. The number of ether oxygens (including phenoxy) is 1. The summed E-state index contributed by atoms with van der Waals surface area (Å²) >= 11 is 0. The highest BCUT2D eigenvalue weighted by Crippen LogP contribution is 1.99. The molecular weight excluding hydrogens is 278 g/mol. The highest BCUT2D eigenvalue weighted by Gasteiger charge is 2.22. The van der Waals surface area contributed by atoms with Crippen LogP contribution < -0.4 is 16.0 Å². The number of aryl methyl sites for hydroxylation is 1. The van der Waals surface area contributed by atoms with Crippen molar-refractivity contribution in [1.29, 1.82) is 0 Å². The van der Waals surface area contributed by atoms with E-state index in [1.54, 1.807) is 0 Å². The van der Waals surface area contributed by atoms with Crippen LogP contribution in [0.4, 0.5) is 0 Å². The third-order valence-corrected chi connectivity index (χ3v) is 3.72. The van der Waals surface area contributed by atoms with Crippen LogP contribution in [-0.2, 0) is 33.7 Å². The minimum Gasteiger partial charge on any atom is -0.468 e. The van der Waals surface area contributed by atoms with Gasteiger partial charge in [-0.3, -0.25) is 14.2 Å². The minimum atomic E-state index is -4.20. The van der Waals surface area contributed by atoms with E-state index in [-0.39, 0.29) is 0 Å². The molecule has 0 atom stereocenters. The van der Waals surface area contributed by atoms with E-state index in [2.05, 4.69) is 4.74 Å². The molecule has 0 saturated carbocycles. The highest BCUT2D eigenvalue weighted by atomic mass is 32.2. The van der Waals surface area contributed by atoms with Gasteiger partial charge in [0.1, 0.15) is 6.54 Å². The Morgan fingerprint density at radius 1 is 1.37 bits per heavy atom. The Bertz CT molecular complexity index is 714. The first kappa shape index (κ1) is 15.1. The first-order valence-corrected chi connectivity index (χ1v) is 6.52. The SMILES string of the molecule is COC(=O)CNS(=O)(=O)c1cn(C)c(=O)n(C)c1=O. The second kappa shape index (κ2) is 5.36. The largest absolute Gasteiger partial charge is 0.468 e. The molecule has 0 aliphatic heterocycles. The van der Waals surface area contributed by atoms with Gasteiger partial charge in [-0.2, -0.15) is 4.72 Å². The molecule has 1 aromatic heterocycles. The Labute approximate surface area is 108 Å². The van der Waals surface area contributed by atoms with Crippen molar-refractivity contribution in [3.05, 3.63) is 27.0 Å². The number of nitrogens with one attached hydrogen (secondary N) is 1. The van der Waals surface area contributed by atoms with Gasteiger partial charge in [-0.15, -0.1) is 0 Å². The van der Waals surface area contributed by atoms with E-state index in [9.17, 15) is 22.8 Å². The van der Waals surface area contributed by atoms with Gasteiger partial charge in [0.2, 0.25) is 10.0 Å². The van der Waals surface area contributed by atoms with E-state index < -0.39 is 38.7 Å². The Morgan fingerprint density at radius 2 is 1.95 bits per heavy atom. The number of carbonyl (C=O) groups is 1. The molecule has 0 radical (unpaired) electrons. The second-order valence-electron chi connectivity index (χ2n) is 3.65. The lowest BCUT2D eigenvalue weighted by atomic mass is 10.6. The number of sulfonamides is 1. The first-order valence-electron chi connectivity index (χ1n) is 5.04. The molecule has 10 heteroatoms. The summed E-state index contributed by atoms with van der Waals surface area (Å²) in [6.45, 7) is -0.606. The first-order chi connectivity index (χ1) is 8.70. The number of hydrogen-bond acceptors (Lipinski definition) is 6. The molecule has 0 amide bonds. The van der Waals surface area contributed by atoms with Crippen LogP contribution in [0.15, 0.2) is 20.7 Å². The Balaban J connectivity index is 3.27. The maximum Gasteiger partial charge on any atom is 0.330 e. The lowest BCUT2D eigenvalue weighted by Crippen LogP contribution is -2.42. The third kappa shape index (κ3) is 3.09.